The SMILES string of the molecule is O=C1CC(c2cccc(-c3nc(C(=O)NCCO)co3)c2)=Nc2ccc(-n3cccc3)cc2N1. The van der Waals surface area contributed by atoms with E-state index in [0.717, 1.165) is 11.3 Å². The van der Waals surface area contributed by atoms with Crippen LogP contribution in [0.5, 0.6) is 0 Å². The summed E-state index contributed by atoms with van der Waals surface area (Å²) in [6.45, 7) is -0.0300. The smallest absolute Gasteiger partial charge is 0.273 e. The molecule has 0 spiro atoms. The second-order valence-corrected chi connectivity index (χ2v) is 7.67. The molecule has 0 saturated heterocycles. The van der Waals surface area contributed by atoms with Crippen LogP contribution in [0.25, 0.3) is 17.1 Å². The molecule has 4 aromatic rings. The maximum Gasteiger partial charge on any atom is 0.273 e. The number of aromatic nitrogens is 2. The largest absolute Gasteiger partial charge is 0.444 e. The summed E-state index contributed by atoms with van der Waals surface area (Å²) in [5.41, 5.74) is 4.36. The molecule has 2 aromatic carbocycles. The second kappa shape index (κ2) is 9.16. The predicted molar refractivity (Wildman–Crippen MR) is 127 cm³/mol. The van der Waals surface area contributed by atoms with Crippen molar-refractivity contribution in [1.82, 2.24) is 14.9 Å². The van der Waals surface area contributed by atoms with Gasteiger partial charge in [0.15, 0.2) is 5.69 Å². The van der Waals surface area contributed by atoms with Crippen molar-refractivity contribution in [3.63, 3.8) is 0 Å². The van der Waals surface area contributed by atoms with E-state index in [-0.39, 0.29) is 37.1 Å². The number of fused-ring (bicyclic) bond motifs is 1. The molecule has 3 N–H and O–H groups in total. The zero-order chi connectivity index (χ0) is 23.5. The molecule has 5 rings (SSSR count). The minimum atomic E-state index is -0.430. The summed E-state index contributed by atoms with van der Waals surface area (Å²) >= 11 is 0. The van der Waals surface area contributed by atoms with Gasteiger partial charge in [-0.15, -0.1) is 0 Å². The number of aliphatic hydroxyl groups excluding tert-OH is 1. The molecule has 1 aliphatic rings. The Morgan fingerprint density at radius 3 is 2.76 bits per heavy atom. The summed E-state index contributed by atoms with van der Waals surface area (Å²) in [4.78, 5) is 33.7. The van der Waals surface area contributed by atoms with Crippen molar-refractivity contribution in [1.29, 1.82) is 0 Å². The molecule has 2 amide bonds. The topological polar surface area (TPSA) is 122 Å². The minimum Gasteiger partial charge on any atom is -0.444 e. The molecule has 170 valence electrons. The second-order valence-electron chi connectivity index (χ2n) is 7.67. The van der Waals surface area contributed by atoms with Crippen molar-refractivity contribution >= 4 is 28.9 Å². The first kappa shape index (κ1) is 21.4. The Labute approximate surface area is 194 Å². The Balaban J connectivity index is 1.45. The van der Waals surface area contributed by atoms with Gasteiger partial charge < -0.3 is 24.7 Å². The van der Waals surface area contributed by atoms with Gasteiger partial charge in [0.2, 0.25) is 11.8 Å². The summed E-state index contributed by atoms with van der Waals surface area (Å²) in [6, 6.07) is 16.9. The molecule has 0 radical (unpaired) electrons. The van der Waals surface area contributed by atoms with Gasteiger partial charge in [-0.1, -0.05) is 12.1 Å². The molecule has 9 nitrogen and oxygen atoms in total. The number of amides is 2. The zero-order valence-electron chi connectivity index (χ0n) is 18.1. The summed E-state index contributed by atoms with van der Waals surface area (Å²) < 4.78 is 7.45. The highest BCUT2D eigenvalue weighted by molar-refractivity contribution is 6.17. The molecule has 0 unspecified atom stereocenters. The highest BCUT2D eigenvalue weighted by Crippen LogP contribution is 2.32. The standard InChI is InChI=1S/C25H21N5O4/c31-11-8-26-24(33)22-15-34-25(29-22)17-5-3-4-16(12-17)20-14-23(32)28-21-13-18(6-7-19(21)27-20)30-9-1-2-10-30/h1-7,9-10,12-13,15,31H,8,11,14H2,(H,26,33)(H,28,32). The summed E-state index contributed by atoms with van der Waals surface area (Å²) in [7, 11) is 0. The summed E-state index contributed by atoms with van der Waals surface area (Å²) in [5.74, 6) is -0.320. The van der Waals surface area contributed by atoms with Gasteiger partial charge >= 0.3 is 0 Å². The monoisotopic (exact) mass is 455 g/mol. The minimum absolute atomic E-state index is 0.109. The van der Waals surface area contributed by atoms with Gasteiger partial charge in [0.25, 0.3) is 5.91 Å². The van der Waals surface area contributed by atoms with Crippen molar-refractivity contribution in [2.75, 3.05) is 18.5 Å². The van der Waals surface area contributed by atoms with Gasteiger partial charge in [0.05, 0.1) is 30.1 Å². The normalized spacial score (nSPS) is 13.0. The Bertz CT molecular complexity index is 1390. The van der Waals surface area contributed by atoms with Crippen molar-refractivity contribution in [3.05, 3.63) is 84.5 Å². The van der Waals surface area contributed by atoms with Crippen molar-refractivity contribution < 1.29 is 19.1 Å². The van der Waals surface area contributed by atoms with E-state index in [1.54, 1.807) is 6.07 Å². The van der Waals surface area contributed by atoms with Crippen molar-refractivity contribution in [3.8, 4) is 17.1 Å². The first-order valence-corrected chi connectivity index (χ1v) is 10.7. The van der Waals surface area contributed by atoms with Crippen LogP contribution in [-0.2, 0) is 4.79 Å². The quantitative estimate of drug-likeness (QED) is 0.412. The molecule has 34 heavy (non-hydrogen) atoms. The van der Waals surface area contributed by atoms with E-state index >= 15 is 0 Å². The van der Waals surface area contributed by atoms with Gasteiger partial charge in [-0.25, -0.2) is 4.98 Å². The maximum absolute atomic E-state index is 12.7. The zero-order valence-corrected chi connectivity index (χ0v) is 18.1. The van der Waals surface area contributed by atoms with E-state index < -0.39 is 5.91 Å². The Hall–Kier alpha value is -4.50. The average Bonchev–Trinajstić information content (AvgIpc) is 3.53. The van der Waals surface area contributed by atoms with Gasteiger partial charge in [0.1, 0.15) is 6.26 Å². The number of hydrogen-bond donors (Lipinski definition) is 3. The molecule has 0 bridgehead atoms. The molecule has 0 atom stereocenters. The predicted octanol–water partition coefficient (Wildman–Crippen LogP) is 3.32. The van der Waals surface area contributed by atoms with E-state index in [1.807, 2.05) is 65.5 Å². The van der Waals surface area contributed by atoms with Gasteiger partial charge in [-0.2, -0.15) is 0 Å². The number of aliphatic hydroxyl groups is 1. The first-order valence-electron chi connectivity index (χ1n) is 10.7. The third kappa shape index (κ3) is 4.37. The lowest BCUT2D eigenvalue weighted by atomic mass is 10.0. The Kier molecular flexibility index (Phi) is 5.75. The van der Waals surface area contributed by atoms with E-state index in [2.05, 4.69) is 15.6 Å². The average molecular weight is 455 g/mol. The lowest BCUT2D eigenvalue weighted by Gasteiger charge is -2.08. The number of benzene rings is 2. The Morgan fingerprint density at radius 2 is 1.94 bits per heavy atom. The van der Waals surface area contributed by atoms with Crippen LogP contribution in [0.15, 0.2) is 82.7 Å². The van der Waals surface area contributed by atoms with Crippen LogP contribution in [0.4, 0.5) is 11.4 Å². The number of carbonyl (C=O) groups is 2. The maximum atomic E-state index is 12.7. The first-order chi connectivity index (χ1) is 16.6. The third-order valence-corrected chi connectivity index (χ3v) is 5.32. The fourth-order valence-electron chi connectivity index (χ4n) is 3.69. The van der Waals surface area contributed by atoms with Crippen LogP contribution in [0.3, 0.4) is 0 Å². The van der Waals surface area contributed by atoms with Crippen molar-refractivity contribution in [2.45, 2.75) is 6.42 Å². The highest BCUT2D eigenvalue weighted by Gasteiger charge is 2.19. The number of hydrogen-bond acceptors (Lipinski definition) is 6. The van der Waals surface area contributed by atoms with Crippen LogP contribution in [-0.4, -0.2) is 45.3 Å². The van der Waals surface area contributed by atoms with E-state index in [4.69, 9.17) is 14.5 Å². The lowest BCUT2D eigenvalue weighted by molar-refractivity contribution is -0.115. The number of aliphatic imine (C=N–C) groups is 1. The van der Waals surface area contributed by atoms with E-state index in [0.29, 0.717) is 22.6 Å². The molecule has 3 heterocycles. The van der Waals surface area contributed by atoms with Gasteiger partial charge in [-0.3, -0.25) is 14.6 Å². The fraction of sp³-hybridized carbons (Fsp3) is 0.120. The number of oxazole rings is 1. The van der Waals surface area contributed by atoms with Crippen LogP contribution in [0.1, 0.15) is 22.5 Å². The van der Waals surface area contributed by atoms with Crippen molar-refractivity contribution in [2.24, 2.45) is 4.99 Å². The van der Waals surface area contributed by atoms with Crippen LogP contribution in [0.2, 0.25) is 0 Å². The number of anilines is 1. The van der Waals surface area contributed by atoms with Crippen LogP contribution < -0.4 is 10.6 Å². The van der Waals surface area contributed by atoms with E-state index in [9.17, 15) is 9.59 Å². The molecular weight excluding hydrogens is 434 g/mol. The number of rotatable bonds is 6. The molecular formula is C25H21N5O4. The van der Waals surface area contributed by atoms with Gasteiger partial charge in [0, 0.05) is 30.2 Å². The van der Waals surface area contributed by atoms with E-state index in [1.165, 1.54) is 6.26 Å². The van der Waals surface area contributed by atoms with Gasteiger partial charge in [-0.05, 0) is 48.0 Å². The third-order valence-electron chi connectivity index (χ3n) is 5.32. The fourth-order valence-corrected chi connectivity index (χ4v) is 3.69. The lowest BCUT2D eigenvalue weighted by Crippen LogP contribution is -2.26. The summed E-state index contributed by atoms with van der Waals surface area (Å²) in [5, 5.41) is 14.3. The van der Waals surface area contributed by atoms with Crippen LogP contribution in [0, 0.1) is 0 Å². The number of carbonyl (C=O) groups excluding carboxylic acids is 2. The molecule has 9 heteroatoms. The number of nitrogens with zero attached hydrogens (tertiary/aromatic N) is 3. The Morgan fingerprint density at radius 1 is 1.12 bits per heavy atom. The molecule has 0 fully saturated rings. The summed E-state index contributed by atoms with van der Waals surface area (Å²) in [6.07, 6.45) is 5.25. The molecule has 2 aromatic heterocycles. The highest BCUT2D eigenvalue weighted by atomic mass is 16.3. The van der Waals surface area contributed by atoms with Crippen LogP contribution >= 0.6 is 0 Å². The molecule has 1 aliphatic heterocycles. The molecule has 0 aliphatic carbocycles. The number of nitrogens with one attached hydrogen (secondary N) is 2. The molecule has 0 saturated carbocycles.